The van der Waals surface area contributed by atoms with Crippen molar-refractivity contribution in [3.8, 4) is 17.2 Å². The van der Waals surface area contributed by atoms with E-state index < -0.39 is 0 Å². The van der Waals surface area contributed by atoms with Gasteiger partial charge in [0.25, 0.3) is 11.8 Å². The molecule has 0 atom stereocenters. The number of nitrogens with zero attached hydrogens (tertiary/aromatic N) is 1. The van der Waals surface area contributed by atoms with E-state index in [1.54, 1.807) is 36.1 Å². The Morgan fingerprint density at radius 2 is 1.59 bits per heavy atom. The highest BCUT2D eigenvalue weighted by atomic mass is 16.5. The van der Waals surface area contributed by atoms with E-state index in [1.807, 2.05) is 20.8 Å². The number of furan rings is 1. The number of ether oxygens (including phenoxy) is 3. The fourth-order valence-corrected chi connectivity index (χ4v) is 3.73. The van der Waals surface area contributed by atoms with E-state index in [-0.39, 0.29) is 17.9 Å². The maximum atomic E-state index is 13.2. The van der Waals surface area contributed by atoms with E-state index in [4.69, 9.17) is 18.6 Å². The summed E-state index contributed by atoms with van der Waals surface area (Å²) >= 11 is 0. The Bertz CT molecular complexity index is 903. The van der Waals surface area contributed by atoms with Crippen LogP contribution in [-0.2, 0) is 0 Å². The van der Waals surface area contributed by atoms with Gasteiger partial charge in [0.05, 0.1) is 19.8 Å². The van der Waals surface area contributed by atoms with Gasteiger partial charge in [-0.05, 0) is 64.8 Å². The average Bonchev–Trinajstić information content (AvgIpc) is 3.22. The molecule has 2 aromatic rings. The van der Waals surface area contributed by atoms with Gasteiger partial charge in [0, 0.05) is 24.7 Å². The maximum Gasteiger partial charge on any atom is 0.287 e. The summed E-state index contributed by atoms with van der Waals surface area (Å²) < 4.78 is 22.6. The number of hydrogen-bond donors (Lipinski definition) is 1. The lowest BCUT2D eigenvalue weighted by Gasteiger charge is -2.32. The van der Waals surface area contributed by atoms with Crippen LogP contribution in [-0.4, -0.2) is 55.7 Å². The minimum absolute atomic E-state index is 0.00439. The number of piperidine rings is 1. The molecule has 174 valence electrons. The molecular weight excluding hydrogens is 412 g/mol. The van der Waals surface area contributed by atoms with Crippen molar-refractivity contribution >= 4 is 11.8 Å². The van der Waals surface area contributed by atoms with Crippen molar-refractivity contribution in [1.82, 2.24) is 10.2 Å². The molecule has 1 aliphatic heterocycles. The van der Waals surface area contributed by atoms with E-state index in [0.29, 0.717) is 80.1 Å². The van der Waals surface area contributed by atoms with E-state index >= 15 is 0 Å². The van der Waals surface area contributed by atoms with Crippen molar-refractivity contribution in [3.05, 3.63) is 41.3 Å². The van der Waals surface area contributed by atoms with Gasteiger partial charge in [-0.3, -0.25) is 9.59 Å². The van der Waals surface area contributed by atoms with Crippen LogP contribution in [0.4, 0.5) is 0 Å². The van der Waals surface area contributed by atoms with Crippen LogP contribution in [0.3, 0.4) is 0 Å². The lowest BCUT2D eigenvalue weighted by Crippen LogP contribution is -2.46. The van der Waals surface area contributed by atoms with Gasteiger partial charge in [-0.15, -0.1) is 0 Å². The van der Waals surface area contributed by atoms with Crippen LogP contribution in [0.5, 0.6) is 17.2 Å². The van der Waals surface area contributed by atoms with Crippen molar-refractivity contribution in [1.29, 1.82) is 0 Å². The smallest absolute Gasteiger partial charge is 0.287 e. The van der Waals surface area contributed by atoms with Crippen LogP contribution in [0.1, 0.15) is 60.3 Å². The van der Waals surface area contributed by atoms with Gasteiger partial charge in [-0.1, -0.05) is 0 Å². The lowest BCUT2D eigenvalue weighted by molar-refractivity contribution is 0.0694. The number of aryl methyl sites for hydroxylation is 1. The molecule has 8 heteroatoms. The number of nitrogens with one attached hydrogen (secondary N) is 1. The molecule has 0 spiro atoms. The number of benzene rings is 1. The first kappa shape index (κ1) is 23.5. The number of likely N-dealkylation sites (tertiary alicyclic amines) is 1. The summed E-state index contributed by atoms with van der Waals surface area (Å²) in [7, 11) is 0. The number of carbonyl (C=O) groups excluding carboxylic acids is 2. The van der Waals surface area contributed by atoms with Crippen molar-refractivity contribution in [3.63, 3.8) is 0 Å². The molecular formula is C24H32N2O6. The van der Waals surface area contributed by atoms with E-state index in [9.17, 15) is 9.59 Å². The third kappa shape index (κ3) is 5.55. The second-order valence-corrected chi connectivity index (χ2v) is 7.55. The second-order valence-electron chi connectivity index (χ2n) is 7.55. The number of rotatable bonds is 9. The monoisotopic (exact) mass is 444 g/mol. The predicted octanol–water partition coefficient (Wildman–Crippen LogP) is 3.82. The fraction of sp³-hybridized carbons (Fsp3) is 0.500. The molecule has 1 aromatic carbocycles. The van der Waals surface area contributed by atoms with Crippen molar-refractivity contribution in [2.45, 2.75) is 46.6 Å². The quantitative estimate of drug-likeness (QED) is 0.632. The summed E-state index contributed by atoms with van der Waals surface area (Å²) in [6.45, 7) is 9.90. The number of carbonyl (C=O) groups is 2. The molecule has 0 aliphatic carbocycles. The summed E-state index contributed by atoms with van der Waals surface area (Å²) in [5.74, 6) is 2.20. The highest BCUT2D eigenvalue weighted by molar-refractivity contribution is 5.96. The highest BCUT2D eigenvalue weighted by Crippen LogP contribution is 2.39. The molecule has 1 aliphatic rings. The first-order valence-electron chi connectivity index (χ1n) is 11.2. The standard InChI is InChI=1S/C24H32N2O6/c1-5-29-20-14-17(15-21(30-6-2)22(20)31-7-3)24(28)26-12-10-18(11-13-26)25-23(27)19-9-8-16(4)32-19/h8-9,14-15,18H,5-7,10-13H2,1-4H3,(H,25,27). The molecule has 2 heterocycles. The van der Waals surface area contributed by atoms with Gasteiger partial charge in [0.15, 0.2) is 17.3 Å². The Hall–Kier alpha value is -3.16. The molecule has 0 radical (unpaired) electrons. The Labute approximate surface area is 188 Å². The van der Waals surface area contributed by atoms with Crippen LogP contribution in [0, 0.1) is 6.92 Å². The molecule has 1 aromatic heterocycles. The second kappa shape index (κ2) is 10.9. The minimum atomic E-state index is -0.225. The summed E-state index contributed by atoms with van der Waals surface area (Å²) in [5.41, 5.74) is 0.494. The summed E-state index contributed by atoms with van der Waals surface area (Å²) in [6.07, 6.45) is 1.34. The molecule has 0 saturated carbocycles. The van der Waals surface area contributed by atoms with Gasteiger partial charge in [-0.25, -0.2) is 0 Å². The highest BCUT2D eigenvalue weighted by Gasteiger charge is 2.27. The zero-order valence-electron chi connectivity index (χ0n) is 19.2. The molecule has 0 unspecified atom stereocenters. The first-order valence-corrected chi connectivity index (χ1v) is 11.2. The minimum Gasteiger partial charge on any atom is -0.490 e. The Kier molecular flexibility index (Phi) is 8.03. The number of hydrogen-bond acceptors (Lipinski definition) is 6. The van der Waals surface area contributed by atoms with Crippen molar-refractivity contribution in [2.75, 3.05) is 32.9 Å². The largest absolute Gasteiger partial charge is 0.490 e. The molecule has 0 bridgehead atoms. The predicted molar refractivity (Wildman–Crippen MR) is 120 cm³/mol. The Balaban J connectivity index is 1.67. The van der Waals surface area contributed by atoms with Gasteiger partial charge < -0.3 is 28.8 Å². The van der Waals surface area contributed by atoms with E-state index in [2.05, 4.69) is 5.32 Å². The zero-order chi connectivity index (χ0) is 23.1. The van der Waals surface area contributed by atoms with E-state index in [1.165, 1.54) is 0 Å². The number of amides is 2. The summed E-state index contributed by atoms with van der Waals surface area (Å²) in [6, 6.07) is 6.86. The molecule has 8 nitrogen and oxygen atoms in total. The lowest BCUT2D eigenvalue weighted by atomic mass is 10.0. The van der Waals surface area contributed by atoms with Crippen molar-refractivity contribution in [2.24, 2.45) is 0 Å². The van der Waals surface area contributed by atoms with Crippen LogP contribution >= 0.6 is 0 Å². The van der Waals surface area contributed by atoms with Crippen LogP contribution in [0.25, 0.3) is 0 Å². The molecule has 1 fully saturated rings. The van der Waals surface area contributed by atoms with E-state index in [0.717, 1.165) is 0 Å². The summed E-state index contributed by atoms with van der Waals surface area (Å²) in [5, 5.41) is 2.99. The topological polar surface area (TPSA) is 90.2 Å². The van der Waals surface area contributed by atoms with Gasteiger partial charge >= 0.3 is 0 Å². The van der Waals surface area contributed by atoms with Crippen LogP contribution in [0.15, 0.2) is 28.7 Å². The fourth-order valence-electron chi connectivity index (χ4n) is 3.73. The molecule has 32 heavy (non-hydrogen) atoms. The first-order chi connectivity index (χ1) is 15.5. The third-order valence-corrected chi connectivity index (χ3v) is 5.24. The van der Waals surface area contributed by atoms with Gasteiger partial charge in [0.1, 0.15) is 5.76 Å². The molecule has 2 amide bonds. The summed E-state index contributed by atoms with van der Waals surface area (Å²) in [4.78, 5) is 27.3. The van der Waals surface area contributed by atoms with Crippen LogP contribution in [0.2, 0.25) is 0 Å². The van der Waals surface area contributed by atoms with Gasteiger partial charge in [0.2, 0.25) is 5.75 Å². The zero-order valence-corrected chi connectivity index (χ0v) is 19.2. The maximum absolute atomic E-state index is 13.2. The normalized spacial score (nSPS) is 14.2. The van der Waals surface area contributed by atoms with Crippen molar-refractivity contribution < 1.29 is 28.2 Å². The average molecular weight is 445 g/mol. The van der Waals surface area contributed by atoms with Crippen LogP contribution < -0.4 is 19.5 Å². The molecule has 3 rings (SSSR count). The third-order valence-electron chi connectivity index (χ3n) is 5.24. The molecule has 1 saturated heterocycles. The Morgan fingerprint density at radius 1 is 1.00 bits per heavy atom. The SMILES string of the molecule is CCOc1cc(C(=O)N2CCC(NC(=O)c3ccc(C)o3)CC2)cc(OCC)c1OCC. The van der Waals surface area contributed by atoms with Gasteiger partial charge in [-0.2, -0.15) is 0 Å². The molecule has 1 N–H and O–H groups in total. The Morgan fingerprint density at radius 3 is 2.09 bits per heavy atom.